The van der Waals surface area contributed by atoms with E-state index in [-0.39, 0.29) is 0 Å². The second-order valence-electron chi connectivity index (χ2n) is 7.05. The third-order valence-corrected chi connectivity index (χ3v) is 11.1. The van der Waals surface area contributed by atoms with Gasteiger partial charge in [-0.05, 0) is 42.7 Å². The number of rotatable bonds is 2. The molecule has 0 amide bonds. The molecule has 2 heterocycles. The van der Waals surface area contributed by atoms with Gasteiger partial charge in [-0.25, -0.2) is 0 Å². The van der Waals surface area contributed by atoms with Crippen LogP contribution in [-0.4, -0.2) is 26.1 Å². The topological polar surface area (TPSA) is 3.24 Å². The van der Waals surface area contributed by atoms with Crippen molar-refractivity contribution in [2.75, 3.05) is 13.1 Å². The van der Waals surface area contributed by atoms with Gasteiger partial charge in [0.1, 0.15) is 0 Å². The lowest BCUT2D eigenvalue weighted by molar-refractivity contribution is 0.281. The molecule has 0 bridgehead atoms. The van der Waals surface area contributed by atoms with Crippen molar-refractivity contribution in [1.82, 2.24) is 4.90 Å². The molecular formula is C20H25NSi. The van der Waals surface area contributed by atoms with E-state index < -0.39 is 8.07 Å². The third kappa shape index (κ3) is 2.66. The molecule has 114 valence electrons. The zero-order valence-corrected chi connectivity index (χ0v) is 14.3. The first-order valence-corrected chi connectivity index (χ1v) is 11.3. The van der Waals surface area contributed by atoms with Crippen LogP contribution in [0.4, 0.5) is 0 Å². The summed E-state index contributed by atoms with van der Waals surface area (Å²) in [5, 5.41) is 1.81. The second-order valence-corrected chi connectivity index (χ2v) is 11.7. The Kier molecular flexibility index (Phi) is 3.89. The van der Waals surface area contributed by atoms with Crippen LogP contribution in [0.15, 0.2) is 54.6 Å². The van der Waals surface area contributed by atoms with Gasteiger partial charge in [0.15, 0.2) is 0 Å². The van der Waals surface area contributed by atoms with Crippen molar-refractivity contribution in [3.8, 4) is 0 Å². The smallest absolute Gasteiger partial charge is 0.0895 e. The van der Waals surface area contributed by atoms with Crippen LogP contribution in [0.25, 0.3) is 0 Å². The van der Waals surface area contributed by atoms with Gasteiger partial charge in [0.25, 0.3) is 0 Å². The Morgan fingerprint density at radius 3 is 2.36 bits per heavy atom. The standard InChI is InChI=1S/C20H25NSi/c1-2-7-18(8-3-1)17-21-12-15-22(16-13-21)14-6-10-19-9-4-5-11-20(19)22/h1-5,7-9,11H,6,10,12-17H2. The van der Waals surface area contributed by atoms with Gasteiger partial charge in [-0.3, -0.25) is 4.90 Å². The van der Waals surface area contributed by atoms with Gasteiger partial charge in [0.2, 0.25) is 0 Å². The number of aryl methyl sites for hydroxylation is 1. The fourth-order valence-electron chi connectivity index (χ4n) is 4.51. The van der Waals surface area contributed by atoms with Crippen LogP contribution in [0.5, 0.6) is 0 Å². The number of hydrogen-bond acceptors (Lipinski definition) is 1. The van der Waals surface area contributed by atoms with E-state index in [1.165, 1.54) is 49.6 Å². The summed E-state index contributed by atoms with van der Waals surface area (Å²) in [6, 6.07) is 24.8. The van der Waals surface area contributed by atoms with Crippen LogP contribution >= 0.6 is 0 Å². The predicted molar refractivity (Wildman–Crippen MR) is 96.3 cm³/mol. The number of hydrogen-bond donors (Lipinski definition) is 0. The van der Waals surface area contributed by atoms with Crippen molar-refractivity contribution >= 4 is 13.3 Å². The molecule has 1 spiro atoms. The molecule has 0 N–H and O–H groups in total. The summed E-state index contributed by atoms with van der Waals surface area (Å²) >= 11 is 0. The molecule has 0 unspecified atom stereocenters. The molecule has 0 atom stereocenters. The monoisotopic (exact) mass is 307 g/mol. The Hall–Kier alpha value is -1.38. The fourth-order valence-corrected chi connectivity index (χ4v) is 9.75. The SMILES string of the molecule is c1ccc(CN2CC[Si]3(CCCc4ccccc43)CC2)cc1. The van der Waals surface area contributed by atoms with Gasteiger partial charge < -0.3 is 0 Å². The lowest BCUT2D eigenvalue weighted by Gasteiger charge is -2.44. The van der Waals surface area contributed by atoms with Gasteiger partial charge in [0, 0.05) is 6.54 Å². The zero-order valence-electron chi connectivity index (χ0n) is 13.3. The Morgan fingerprint density at radius 2 is 1.55 bits per heavy atom. The maximum Gasteiger partial charge on any atom is 0.0895 e. The van der Waals surface area contributed by atoms with Crippen molar-refractivity contribution in [1.29, 1.82) is 0 Å². The highest BCUT2D eigenvalue weighted by Crippen LogP contribution is 2.33. The molecule has 1 fully saturated rings. The molecule has 2 heteroatoms. The van der Waals surface area contributed by atoms with Crippen LogP contribution in [0.2, 0.25) is 18.1 Å². The minimum atomic E-state index is -1.19. The molecule has 2 aliphatic heterocycles. The molecular weight excluding hydrogens is 282 g/mol. The average Bonchev–Trinajstić information content (AvgIpc) is 2.59. The van der Waals surface area contributed by atoms with E-state index in [4.69, 9.17) is 0 Å². The summed E-state index contributed by atoms with van der Waals surface area (Å²) in [4.78, 5) is 2.67. The first-order chi connectivity index (χ1) is 10.9. The maximum atomic E-state index is 2.67. The normalized spacial score (nSPS) is 20.7. The van der Waals surface area contributed by atoms with Crippen LogP contribution in [0.3, 0.4) is 0 Å². The van der Waals surface area contributed by atoms with Gasteiger partial charge in [-0.1, -0.05) is 72.2 Å². The summed E-state index contributed by atoms with van der Waals surface area (Å²) in [6.07, 6.45) is 2.75. The molecule has 0 aromatic heterocycles. The summed E-state index contributed by atoms with van der Waals surface area (Å²) in [6.45, 7) is 3.73. The molecule has 4 rings (SSSR count). The van der Waals surface area contributed by atoms with E-state index in [1.54, 1.807) is 10.8 Å². The first-order valence-electron chi connectivity index (χ1n) is 8.70. The lowest BCUT2D eigenvalue weighted by atomic mass is 10.1. The van der Waals surface area contributed by atoms with Gasteiger partial charge in [0.05, 0.1) is 8.07 Å². The number of nitrogens with zero attached hydrogens (tertiary/aromatic N) is 1. The minimum Gasteiger partial charge on any atom is -0.300 e. The molecule has 0 radical (unpaired) electrons. The zero-order chi connectivity index (χ0) is 14.8. The van der Waals surface area contributed by atoms with Crippen molar-refractivity contribution in [2.45, 2.75) is 37.5 Å². The van der Waals surface area contributed by atoms with Crippen LogP contribution < -0.4 is 5.19 Å². The predicted octanol–water partition coefficient (Wildman–Crippen LogP) is 3.80. The van der Waals surface area contributed by atoms with Crippen LogP contribution in [0.1, 0.15) is 17.5 Å². The number of fused-ring (bicyclic) bond motifs is 2. The number of benzene rings is 2. The maximum absolute atomic E-state index is 2.67. The van der Waals surface area contributed by atoms with E-state index in [0.29, 0.717) is 0 Å². The molecule has 2 aromatic carbocycles. The summed E-state index contributed by atoms with van der Waals surface area (Å²) in [5.74, 6) is 0. The molecule has 1 saturated heterocycles. The van der Waals surface area contributed by atoms with E-state index in [2.05, 4.69) is 59.5 Å². The Balaban J connectivity index is 1.48. The molecule has 0 aliphatic carbocycles. The van der Waals surface area contributed by atoms with E-state index in [1.807, 2.05) is 0 Å². The Morgan fingerprint density at radius 1 is 0.818 bits per heavy atom. The highest BCUT2D eigenvalue weighted by atomic mass is 28.3. The summed E-state index contributed by atoms with van der Waals surface area (Å²) < 4.78 is 0. The molecule has 1 nitrogen and oxygen atoms in total. The van der Waals surface area contributed by atoms with Gasteiger partial charge in [-0.15, -0.1) is 0 Å². The highest BCUT2D eigenvalue weighted by Gasteiger charge is 2.40. The summed E-state index contributed by atoms with van der Waals surface area (Å²) in [5.41, 5.74) is 3.14. The van der Waals surface area contributed by atoms with Gasteiger partial charge >= 0.3 is 0 Å². The first kappa shape index (κ1) is 14.2. The fraction of sp³-hybridized carbons (Fsp3) is 0.400. The highest BCUT2D eigenvalue weighted by molar-refractivity contribution is 6.92. The van der Waals surface area contributed by atoms with Crippen LogP contribution in [-0.2, 0) is 13.0 Å². The molecule has 2 aromatic rings. The molecule has 22 heavy (non-hydrogen) atoms. The van der Waals surface area contributed by atoms with E-state index in [0.717, 1.165) is 6.54 Å². The largest absolute Gasteiger partial charge is 0.300 e. The van der Waals surface area contributed by atoms with Gasteiger partial charge in [-0.2, -0.15) is 0 Å². The molecule has 2 aliphatic rings. The lowest BCUT2D eigenvalue weighted by Crippen LogP contribution is -2.57. The second kappa shape index (κ2) is 6.02. The van der Waals surface area contributed by atoms with E-state index in [9.17, 15) is 0 Å². The van der Waals surface area contributed by atoms with Crippen molar-refractivity contribution in [3.63, 3.8) is 0 Å². The minimum absolute atomic E-state index is 1.13. The Bertz CT molecular complexity index is 629. The quantitative estimate of drug-likeness (QED) is 0.763. The van der Waals surface area contributed by atoms with Crippen molar-refractivity contribution in [2.24, 2.45) is 0 Å². The molecule has 0 saturated carbocycles. The van der Waals surface area contributed by atoms with Crippen molar-refractivity contribution in [3.05, 3.63) is 65.7 Å². The third-order valence-electron chi connectivity index (χ3n) is 5.75. The average molecular weight is 308 g/mol. The van der Waals surface area contributed by atoms with Crippen LogP contribution in [0, 0.1) is 0 Å². The van der Waals surface area contributed by atoms with Crippen molar-refractivity contribution < 1.29 is 0 Å². The van der Waals surface area contributed by atoms with E-state index >= 15 is 0 Å². The Labute approximate surface area is 135 Å². The summed E-state index contributed by atoms with van der Waals surface area (Å²) in [7, 11) is -1.19.